The van der Waals surface area contributed by atoms with Crippen molar-refractivity contribution in [2.24, 2.45) is 0 Å². The Hall–Kier alpha value is -1.03. The number of aryl methyl sites for hydroxylation is 4. The van der Waals surface area contributed by atoms with Crippen molar-refractivity contribution in [3.8, 4) is 0 Å². The Kier molecular flexibility index (Phi) is 20.6. The van der Waals surface area contributed by atoms with Gasteiger partial charge in [0.05, 0.1) is 0 Å². The molecule has 0 spiro atoms. The SMILES string of the molecule is Cc1ccc(C)c2[cH-]ccc12.Cc1ccc(C)c2[cH-]ccc12.[C-]1=CC=CC1.[C-]1=CC=CC1.[Cl-].[Cl-].[Zr+2].[Zr+2]. The molecule has 0 saturated carbocycles. The van der Waals surface area contributed by atoms with Gasteiger partial charge in [0.15, 0.2) is 0 Å². The molecule has 184 valence electrons. The van der Waals surface area contributed by atoms with E-state index in [1.807, 2.05) is 24.3 Å². The molecule has 0 saturated heterocycles. The Morgan fingerprint density at radius 2 is 0.917 bits per heavy atom. The molecular weight excluding hydrogens is 638 g/mol. The zero-order valence-electron chi connectivity index (χ0n) is 21.4. The van der Waals surface area contributed by atoms with Crippen molar-refractivity contribution in [1.29, 1.82) is 0 Å². The van der Waals surface area contributed by atoms with Crippen molar-refractivity contribution in [2.45, 2.75) is 40.5 Å². The van der Waals surface area contributed by atoms with Gasteiger partial charge < -0.3 is 24.8 Å². The molecule has 0 unspecified atom stereocenters. The Morgan fingerprint density at radius 1 is 0.556 bits per heavy atom. The van der Waals surface area contributed by atoms with Gasteiger partial charge in [-0.3, -0.25) is 12.2 Å². The molecule has 4 aromatic rings. The van der Waals surface area contributed by atoms with Crippen LogP contribution in [0.4, 0.5) is 0 Å². The summed E-state index contributed by atoms with van der Waals surface area (Å²) in [6.07, 6.45) is 20.0. The number of fused-ring (bicyclic) bond motifs is 2. The second-order valence-electron chi connectivity index (χ2n) is 8.11. The van der Waals surface area contributed by atoms with Gasteiger partial charge in [0.25, 0.3) is 0 Å². The van der Waals surface area contributed by atoms with Gasteiger partial charge in [-0.05, 0) is 13.8 Å². The molecule has 0 fully saturated rings. The maximum Gasteiger partial charge on any atom is 2.00 e. The molecule has 2 aliphatic rings. The van der Waals surface area contributed by atoms with Crippen LogP contribution in [0.15, 0.2) is 97.1 Å². The van der Waals surface area contributed by atoms with Gasteiger partial charge in [-0.2, -0.15) is 36.4 Å². The molecule has 0 radical (unpaired) electrons. The summed E-state index contributed by atoms with van der Waals surface area (Å²) in [6, 6.07) is 21.7. The molecule has 0 bridgehead atoms. The smallest absolute Gasteiger partial charge is 1.00 e. The first-order valence-corrected chi connectivity index (χ1v) is 11.2. The van der Waals surface area contributed by atoms with Crippen molar-refractivity contribution in [2.75, 3.05) is 0 Å². The Bertz CT molecular complexity index is 1080. The summed E-state index contributed by atoms with van der Waals surface area (Å²) >= 11 is 0. The predicted molar refractivity (Wildman–Crippen MR) is 141 cm³/mol. The minimum atomic E-state index is 0. The van der Waals surface area contributed by atoms with E-state index < -0.39 is 0 Å². The molecule has 6 rings (SSSR count). The molecule has 4 aromatic carbocycles. The van der Waals surface area contributed by atoms with Gasteiger partial charge in [-0.15, -0.1) is 69.8 Å². The summed E-state index contributed by atoms with van der Waals surface area (Å²) in [5.41, 5.74) is 5.48. The molecule has 0 nitrogen and oxygen atoms in total. The van der Waals surface area contributed by atoms with Crippen LogP contribution in [0.3, 0.4) is 0 Å². The fourth-order valence-corrected chi connectivity index (χ4v) is 3.76. The molecule has 2 aliphatic carbocycles. The Morgan fingerprint density at radius 3 is 1.17 bits per heavy atom. The summed E-state index contributed by atoms with van der Waals surface area (Å²) in [5, 5.41) is 5.57. The third-order valence-corrected chi connectivity index (χ3v) is 5.67. The summed E-state index contributed by atoms with van der Waals surface area (Å²) in [4.78, 5) is 0. The Labute approximate surface area is 268 Å². The van der Waals surface area contributed by atoms with Gasteiger partial charge in [0.1, 0.15) is 0 Å². The van der Waals surface area contributed by atoms with E-state index in [-0.39, 0.29) is 77.2 Å². The standard InChI is InChI=1S/2C11H11.2C5H5.2ClH.2Zr/c2*1-8-6-7-9(2)11-5-3-4-10(8)11;2*1-2-4-5-3-1;;;;/h2*3-7H,1-2H3;2*1-3H,4H2;2*1H;;/q4*-1;;;2*+2/p-2. The van der Waals surface area contributed by atoms with Gasteiger partial charge in [0, 0.05) is 0 Å². The van der Waals surface area contributed by atoms with E-state index in [9.17, 15) is 0 Å². The number of benzene rings is 2. The molecule has 36 heavy (non-hydrogen) atoms. The molecule has 0 aliphatic heterocycles. The maximum atomic E-state index is 2.99. The first-order valence-electron chi connectivity index (χ1n) is 11.2. The van der Waals surface area contributed by atoms with Crippen LogP contribution in [0.2, 0.25) is 0 Å². The van der Waals surface area contributed by atoms with E-state index in [1.165, 1.54) is 43.8 Å². The summed E-state index contributed by atoms with van der Waals surface area (Å²) in [7, 11) is 0. The molecule has 0 aromatic heterocycles. The second kappa shape index (κ2) is 20.0. The molecular formula is C32H32Cl2Zr2-2. The third kappa shape index (κ3) is 11.1. The van der Waals surface area contributed by atoms with Crippen molar-refractivity contribution in [3.63, 3.8) is 0 Å². The second-order valence-corrected chi connectivity index (χ2v) is 8.11. The van der Waals surface area contributed by atoms with Crippen LogP contribution in [-0.4, -0.2) is 0 Å². The monoisotopic (exact) mass is 666 g/mol. The van der Waals surface area contributed by atoms with Crippen LogP contribution in [-0.2, 0) is 52.4 Å². The van der Waals surface area contributed by atoms with E-state index >= 15 is 0 Å². The van der Waals surface area contributed by atoms with Crippen molar-refractivity contribution in [3.05, 3.63) is 132 Å². The summed E-state index contributed by atoms with van der Waals surface area (Å²) in [6.45, 7) is 8.62. The number of allylic oxidation sites excluding steroid dienone is 8. The van der Waals surface area contributed by atoms with Crippen LogP contribution in [0, 0.1) is 39.8 Å². The van der Waals surface area contributed by atoms with Crippen LogP contribution in [0.5, 0.6) is 0 Å². The number of halogens is 2. The Balaban J connectivity index is 0. The number of rotatable bonds is 0. The van der Waals surface area contributed by atoms with E-state index in [0.717, 1.165) is 12.8 Å². The molecule has 0 N–H and O–H groups in total. The van der Waals surface area contributed by atoms with Crippen molar-refractivity contribution in [1.82, 2.24) is 0 Å². The van der Waals surface area contributed by atoms with Gasteiger partial charge in [-0.1, -0.05) is 37.1 Å². The van der Waals surface area contributed by atoms with Gasteiger partial charge in [0.2, 0.25) is 0 Å². The fourth-order valence-electron chi connectivity index (χ4n) is 3.76. The van der Waals surface area contributed by atoms with Crippen molar-refractivity contribution < 1.29 is 77.2 Å². The van der Waals surface area contributed by atoms with Crippen LogP contribution in [0.1, 0.15) is 35.1 Å². The predicted octanol–water partition coefficient (Wildman–Crippen LogP) is 2.97. The topological polar surface area (TPSA) is 0 Å². The van der Waals surface area contributed by atoms with E-state index in [4.69, 9.17) is 0 Å². The third-order valence-electron chi connectivity index (χ3n) is 5.67. The summed E-state index contributed by atoms with van der Waals surface area (Å²) < 4.78 is 0. The van der Waals surface area contributed by atoms with Crippen LogP contribution < -0.4 is 24.8 Å². The molecule has 0 atom stereocenters. The average molecular weight is 670 g/mol. The average Bonchev–Trinajstić information content (AvgIpc) is 3.63. The zero-order chi connectivity index (χ0) is 22.8. The maximum absolute atomic E-state index is 2.99. The molecule has 4 heteroatoms. The minimum Gasteiger partial charge on any atom is -1.00 e. The van der Waals surface area contributed by atoms with Crippen LogP contribution >= 0.6 is 0 Å². The first kappa shape index (κ1) is 37.1. The van der Waals surface area contributed by atoms with Crippen molar-refractivity contribution >= 4 is 21.5 Å². The summed E-state index contributed by atoms with van der Waals surface area (Å²) in [5.74, 6) is 0. The quantitative estimate of drug-likeness (QED) is 0.253. The molecule has 0 amide bonds. The first-order chi connectivity index (χ1) is 15.6. The largest absolute Gasteiger partial charge is 2.00 e. The fraction of sp³-hybridized carbons (Fsp3) is 0.188. The van der Waals surface area contributed by atoms with E-state index in [1.54, 1.807) is 0 Å². The molecule has 0 heterocycles. The van der Waals surface area contributed by atoms with E-state index in [2.05, 4.69) is 113 Å². The zero-order valence-corrected chi connectivity index (χ0v) is 27.8. The number of hydrogen-bond acceptors (Lipinski definition) is 0. The number of hydrogen-bond donors (Lipinski definition) is 0. The minimum absolute atomic E-state index is 0. The van der Waals surface area contributed by atoms with Gasteiger partial charge >= 0.3 is 52.4 Å². The van der Waals surface area contributed by atoms with E-state index in [0.29, 0.717) is 0 Å². The van der Waals surface area contributed by atoms with Crippen LogP contribution in [0.25, 0.3) is 21.5 Å². The van der Waals surface area contributed by atoms with Gasteiger partial charge in [-0.25, -0.2) is 24.3 Å². The normalized spacial score (nSPS) is 11.4.